The van der Waals surface area contributed by atoms with Crippen molar-refractivity contribution in [3.63, 3.8) is 0 Å². The van der Waals surface area contributed by atoms with Crippen LogP contribution in [0.3, 0.4) is 0 Å². The van der Waals surface area contributed by atoms with Gasteiger partial charge in [-0.25, -0.2) is 0 Å². The molecule has 0 spiro atoms. The van der Waals surface area contributed by atoms with Crippen molar-refractivity contribution in [3.05, 3.63) is 116 Å². The Labute approximate surface area is 244 Å². The van der Waals surface area contributed by atoms with Crippen molar-refractivity contribution >= 4 is 54.0 Å². The maximum atomic E-state index is 5.59. The number of aliphatic imine (C=N–C) groups is 1. The van der Waals surface area contributed by atoms with Crippen molar-refractivity contribution in [2.75, 3.05) is 0 Å². The molecule has 0 saturated heterocycles. The summed E-state index contributed by atoms with van der Waals surface area (Å²) in [4.78, 5) is 4.59. The van der Waals surface area contributed by atoms with Crippen LogP contribution in [0, 0.1) is 18.7 Å². The summed E-state index contributed by atoms with van der Waals surface area (Å²) in [6.45, 7) is 5.59. The van der Waals surface area contributed by atoms with Gasteiger partial charge < -0.3 is 0 Å². The van der Waals surface area contributed by atoms with E-state index in [4.69, 9.17) is 6.58 Å². The SMILES string of the molecule is [CH-]=C/C=N\[C](=[W])n1c2[c-]c(-n3c4[c-]c(-n5cccn5)ccc4c4ccccc43)ccc2c2ccccc21.[Pt+2]. The molecule has 0 fully saturated rings. The van der Waals surface area contributed by atoms with Crippen LogP contribution in [-0.4, -0.2) is 29.3 Å². The Morgan fingerprint density at radius 1 is 0.789 bits per heavy atom. The Bertz CT molecular complexity index is 2030. The van der Waals surface area contributed by atoms with Gasteiger partial charge in [-0.05, 0) is 0 Å². The van der Waals surface area contributed by atoms with E-state index in [-0.39, 0.29) is 21.1 Å². The van der Waals surface area contributed by atoms with Gasteiger partial charge >= 0.3 is 246 Å². The molecule has 7 heteroatoms. The van der Waals surface area contributed by atoms with Gasteiger partial charge in [-0.3, -0.25) is 0 Å². The summed E-state index contributed by atoms with van der Waals surface area (Å²) >= 11 is 1.24. The van der Waals surface area contributed by atoms with E-state index in [1.165, 1.54) is 36.2 Å². The van der Waals surface area contributed by atoms with Gasteiger partial charge in [-0.2, -0.15) is 0 Å². The molecule has 0 amide bonds. The summed E-state index contributed by atoms with van der Waals surface area (Å²) in [7, 11) is 0. The van der Waals surface area contributed by atoms with Gasteiger partial charge in [-0.1, -0.05) is 0 Å². The van der Waals surface area contributed by atoms with Gasteiger partial charge in [0, 0.05) is 0 Å². The number of hydrogen-bond donors (Lipinski definition) is 0. The Kier molecular flexibility index (Phi) is 6.43. The predicted molar refractivity (Wildman–Crippen MR) is 146 cm³/mol. The minimum atomic E-state index is 0. The fourth-order valence-electron chi connectivity index (χ4n) is 5.05. The Hall–Kier alpha value is -3.65. The largest absolute Gasteiger partial charge is 2.00 e. The van der Waals surface area contributed by atoms with E-state index in [0.717, 1.165) is 48.4 Å². The van der Waals surface area contributed by atoms with E-state index in [1.807, 2.05) is 16.9 Å². The second-order valence-electron chi connectivity index (χ2n) is 8.62. The van der Waals surface area contributed by atoms with Gasteiger partial charge in [0.1, 0.15) is 0 Å². The summed E-state index contributed by atoms with van der Waals surface area (Å²) in [5.41, 5.74) is 5.98. The van der Waals surface area contributed by atoms with Crippen molar-refractivity contribution in [1.29, 1.82) is 0 Å². The smallest absolute Gasteiger partial charge is 2.00 e. The minimum absolute atomic E-state index is 0. The van der Waals surface area contributed by atoms with Crippen molar-refractivity contribution in [2.45, 2.75) is 0 Å². The van der Waals surface area contributed by atoms with Crippen LogP contribution < -0.4 is 0 Å². The third-order valence-corrected chi connectivity index (χ3v) is 7.63. The molecule has 0 atom stereocenters. The summed E-state index contributed by atoms with van der Waals surface area (Å²) in [5, 5.41) is 9.02. The molecule has 0 N–H and O–H groups in total. The second kappa shape index (κ2) is 9.91. The molecule has 4 aromatic carbocycles. The normalized spacial score (nSPS) is 11.6. The molecule has 0 bridgehead atoms. The van der Waals surface area contributed by atoms with Crippen LogP contribution in [0.4, 0.5) is 0 Å². The fraction of sp³-hybridized carbons (Fsp3) is 0. The molecule has 0 radical (unpaired) electrons. The van der Waals surface area contributed by atoms with Crippen molar-refractivity contribution in [1.82, 2.24) is 18.9 Å². The Morgan fingerprint density at radius 3 is 2.18 bits per heavy atom. The van der Waals surface area contributed by atoms with Crippen LogP contribution in [0.5, 0.6) is 0 Å². The zero-order chi connectivity index (χ0) is 24.9. The average Bonchev–Trinajstić information content (AvgIpc) is 3.66. The number of aromatic nitrogens is 4. The van der Waals surface area contributed by atoms with E-state index in [9.17, 15) is 0 Å². The summed E-state index contributed by atoms with van der Waals surface area (Å²) in [6.07, 6.45) is 6.80. The first-order valence-electron chi connectivity index (χ1n) is 11.8. The van der Waals surface area contributed by atoms with Crippen molar-refractivity contribution < 1.29 is 40.4 Å². The predicted octanol–water partition coefficient (Wildman–Crippen LogP) is 6.22. The molecular formula is C31H18N5PtW-. The van der Waals surface area contributed by atoms with E-state index in [0.29, 0.717) is 0 Å². The number of para-hydroxylation sites is 2. The second-order valence-corrected chi connectivity index (χ2v) is 9.93. The molecule has 0 aliphatic heterocycles. The third kappa shape index (κ3) is 3.81. The quantitative estimate of drug-likeness (QED) is 0.150. The molecule has 184 valence electrons. The third-order valence-electron chi connectivity index (χ3n) is 6.59. The van der Waals surface area contributed by atoms with Crippen LogP contribution in [0.25, 0.3) is 55.0 Å². The van der Waals surface area contributed by atoms with Crippen LogP contribution in [-0.2, 0) is 40.4 Å². The number of benzene rings is 4. The van der Waals surface area contributed by atoms with Crippen LogP contribution in [0.1, 0.15) is 0 Å². The zero-order valence-corrected chi connectivity index (χ0v) is 25.1. The summed E-state index contributed by atoms with van der Waals surface area (Å²) in [6, 6.07) is 34.6. The molecule has 38 heavy (non-hydrogen) atoms. The molecule has 0 saturated carbocycles. The molecule has 0 aliphatic carbocycles. The molecule has 3 aromatic heterocycles. The van der Waals surface area contributed by atoms with Gasteiger partial charge in [0.25, 0.3) is 0 Å². The zero-order valence-electron chi connectivity index (χ0n) is 19.9. The van der Waals surface area contributed by atoms with Gasteiger partial charge in [0.05, 0.1) is 0 Å². The molecule has 5 nitrogen and oxygen atoms in total. The Morgan fingerprint density at radius 2 is 1.45 bits per heavy atom. The van der Waals surface area contributed by atoms with E-state index >= 15 is 0 Å². The van der Waals surface area contributed by atoms with Gasteiger partial charge in [0.2, 0.25) is 0 Å². The monoisotopic (exact) mass is 839 g/mol. The number of allylic oxidation sites excluding steroid dienone is 1. The Balaban J connectivity index is 0.00000264. The van der Waals surface area contributed by atoms with E-state index in [2.05, 4.69) is 104 Å². The molecule has 7 rings (SSSR count). The average molecular weight is 839 g/mol. The molecule has 0 unspecified atom stereocenters. The minimum Gasteiger partial charge on any atom is 2.00 e. The van der Waals surface area contributed by atoms with E-state index < -0.39 is 0 Å². The molecular weight excluding hydrogens is 821 g/mol. The molecule has 3 heterocycles. The topological polar surface area (TPSA) is 40.0 Å². The van der Waals surface area contributed by atoms with Gasteiger partial charge in [-0.15, -0.1) is 0 Å². The summed E-state index contributed by atoms with van der Waals surface area (Å²) in [5.74, 6) is 0. The molecule has 7 aromatic rings. The van der Waals surface area contributed by atoms with Crippen molar-refractivity contribution in [2.24, 2.45) is 4.99 Å². The van der Waals surface area contributed by atoms with Crippen LogP contribution in [0.15, 0.2) is 102 Å². The fourth-order valence-corrected chi connectivity index (χ4v) is 5.95. The first kappa shape index (κ1) is 24.7. The standard InChI is InChI=1S/C31H18N5.Pt.W/c1-2-16-32-21-34-28-10-5-3-8-24(28)26-15-13-23(20-30(26)34)36-29-11-6-4-9-25(29)27-14-12-22(19-31(27)36)35-18-7-17-33-35;;/h1-18H;;/q-3;+2;/b32-16-;;. The summed E-state index contributed by atoms with van der Waals surface area (Å²) < 4.78 is 7.14. The number of hydrogen-bond acceptors (Lipinski definition) is 2. The van der Waals surface area contributed by atoms with Crippen molar-refractivity contribution in [3.8, 4) is 11.4 Å². The number of fused-ring (bicyclic) bond motifs is 6. The first-order valence-corrected chi connectivity index (χ1v) is 13.2. The van der Waals surface area contributed by atoms with Crippen LogP contribution >= 0.6 is 0 Å². The number of nitrogens with zero attached hydrogens (tertiary/aromatic N) is 5. The maximum absolute atomic E-state index is 5.59. The molecule has 0 aliphatic rings. The van der Waals surface area contributed by atoms with Crippen LogP contribution in [0.2, 0.25) is 0 Å². The van der Waals surface area contributed by atoms with Gasteiger partial charge in [0.15, 0.2) is 0 Å². The maximum Gasteiger partial charge on any atom is 2.00 e. The van der Waals surface area contributed by atoms with E-state index in [1.54, 1.807) is 12.4 Å². The first-order chi connectivity index (χ1) is 18.2. The number of rotatable bonds is 5.